The number of ether oxygens (including phenoxy) is 3. The highest BCUT2D eigenvalue weighted by atomic mass is 35.5. The number of hydrogen-bond donors (Lipinski definition) is 1. The minimum absolute atomic E-state index is 0.0321. The van der Waals surface area contributed by atoms with Gasteiger partial charge in [0.05, 0.1) is 19.6 Å². The van der Waals surface area contributed by atoms with Crippen molar-refractivity contribution in [1.29, 1.82) is 0 Å². The Morgan fingerprint density at radius 2 is 1.70 bits per heavy atom. The Kier molecular flexibility index (Phi) is 9.77. The van der Waals surface area contributed by atoms with E-state index < -0.39 is 5.97 Å². The maximum Gasteiger partial charge on any atom is 0.310 e. The van der Waals surface area contributed by atoms with E-state index >= 15 is 0 Å². The first-order valence-electron chi connectivity index (χ1n) is 9.67. The summed E-state index contributed by atoms with van der Waals surface area (Å²) in [6.07, 6.45) is 0.572. The van der Waals surface area contributed by atoms with Crippen molar-refractivity contribution in [2.45, 2.75) is 26.7 Å². The molecule has 6 nitrogen and oxygen atoms in total. The van der Waals surface area contributed by atoms with Crippen LogP contribution in [0.3, 0.4) is 0 Å². The molecule has 8 heteroatoms. The SMILES string of the molecule is CCOc1ccc(CCNC(=O)COC(=O)Cc2ccc(Cl)cc2Cl)cc1OCC. The summed E-state index contributed by atoms with van der Waals surface area (Å²) in [6.45, 7) is 4.96. The zero-order valence-corrected chi connectivity index (χ0v) is 18.5. The highest BCUT2D eigenvalue weighted by molar-refractivity contribution is 6.35. The van der Waals surface area contributed by atoms with Gasteiger partial charge in [-0.1, -0.05) is 35.3 Å². The summed E-state index contributed by atoms with van der Waals surface area (Å²) in [5.41, 5.74) is 1.59. The van der Waals surface area contributed by atoms with Crippen LogP contribution in [0.25, 0.3) is 0 Å². The molecule has 0 fully saturated rings. The molecule has 2 rings (SSSR count). The average molecular weight is 454 g/mol. The molecule has 0 aliphatic heterocycles. The Hall–Kier alpha value is -2.44. The second kappa shape index (κ2) is 12.3. The van der Waals surface area contributed by atoms with Crippen LogP contribution in [0.2, 0.25) is 10.0 Å². The van der Waals surface area contributed by atoms with Gasteiger partial charge in [-0.2, -0.15) is 0 Å². The third-order valence-corrected chi connectivity index (χ3v) is 4.64. The molecule has 0 spiro atoms. The summed E-state index contributed by atoms with van der Waals surface area (Å²) >= 11 is 11.9. The van der Waals surface area contributed by atoms with Gasteiger partial charge < -0.3 is 19.5 Å². The van der Waals surface area contributed by atoms with Gasteiger partial charge in [0.2, 0.25) is 0 Å². The van der Waals surface area contributed by atoms with Crippen LogP contribution in [0.15, 0.2) is 36.4 Å². The Labute approximate surface area is 186 Å². The summed E-state index contributed by atoms with van der Waals surface area (Å²) in [6, 6.07) is 10.5. The van der Waals surface area contributed by atoms with E-state index in [0.29, 0.717) is 53.3 Å². The molecule has 0 bridgehead atoms. The van der Waals surface area contributed by atoms with Crippen LogP contribution in [0.4, 0.5) is 0 Å². The smallest absolute Gasteiger partial charge is 0.310 e. The summed E-state index contributed by atoms with van der Waals surface area (Å²) in [4.78, 5) is 23.8. The third-order valence-electron chi connectivity index (χ3n) is 4.06. The van der Waals surface area contributed by atoms with Crippen LogP contribution < -0.4 is 14.8 Å². The standard InChI is InChI=1S/C22H25Cl2NO5/c1-3-28-19-8-5-15(11-20(19)29-4-2)9-10-25-21(26)14-30-22(27)12-16-6-7-17(23)13-18(16)24/h5-8,11,13H,3-4,9-10,12,14H2,1-2H3,(H,25,26). The van der Waals surface area contributed by atoms with Crippen molar-refractivity contribution in [3.05, 3.63) is 57.6 Å². The van der Waals surface area contributed by atoms with E-state index in [1.54, 1.807) is 18.2 Å². The number of carbonyl (C=O) groups excluding carboxylic acids is 2. The molecule has 0 unspecified atom stereocenters. The normalized spacial score (nSPS) is 10.4. The number of carbonyl (C=O) groups is 2. The number of nitrogens with one attached hydrogen (secondary N) is 1. The van der Waals surface area contributed by atoms with Gasteiger partial charge >= 0.3 is 5.97 Å². The summed E-state index contributed by atoms with van der Waals surface area (Å²) in [5, 5.41) is 3.59. The van der Waals surface area contributed by atoms with E-state index in [4.69, 9.17) is 37.4 Å². The maximum atomic E-state index is 11.9. The molecule has 0 saturated heterocycles. The molecule has 0 atom stereocenters. The molecule has 1 N–H and O–H groups in total. The minimum Gasteiger partial charge on any atom is -0.490 e. The van der Waals surface area contributed by atoms with Gasteiger partial charge in [-0.15, -0.1) is 0 Å². The van der Waals surface area contributed by atoms with Crippen molar-refractivity contribution >= 4 is 35.1 Å². The van der Waals surface area contributed by atoms with Gasteiger partial charge in [0.1, 0.15) is 0 Å². The van der Waals surface area contributed by atoms with Gasteiger partial charge in [-0.05, 0) is 55.7 Å². The Balaban J connectivity index is 1.75. The van der Waals surface area contributed by atoms with Crippen LogP contribution in [-0.4, -0.2) is 38.2 Å². The molecule has 0 heterocycles. The van der Waals surface area contributed by atoms with E-state index in [9.17, 15) is 9.59 Å². The second-order valence-corrected chi connectivity index (χ2v) is 7.16. The van der Waals surface area contributed by atoms with Crippen molar-refractivity contribution in [1.82, 2.24) is 5.32 Å². The zero-order chi connectivity index (χ0) is 21.9. The van der Waals surface area contributed by atoms with Gasteiger partial charge in [0.25, 0.3) is 5.91 Å². The molecule has 1 amide bonds. The second-order valence-electron chi connectivity index (χ2n) is 6.32. The van der Waals surface area contributed by atoms with Gasteiger partial charge in [0, 0.05) is 16.6 Å². The lowest BCUT2D eigenvalue weighted by molar-refractivity contribution is -0.147. The van der Waals surface area contributed by atoms with Gasteiger partial charge in [-0.3, -0.25) is 9.59 Å². The van der Waals surface area contributed by atoms with Gasteiger partial charge in [0.15, 0.2) is 18.1 Å². The maximum absolute atomic E-state index is 11.9. The van der Waals surface area contributed by atoms with E-state index in [-0.39, 0.29) is 18.9 Å². The lowest BCUT2D eigenvalue weighted by atomic mass is 10.1. The molecule has 162 valence electrons. The number of halogens is 2. The molecule has 30 heavy (non-hydrogen) atoms. The molecule has 2 aromatic carbocycles. The van der Waals surface area contributed by atoms with Gasteiger partial charge in [-0.25, -0.2) is 0 Å². The largest absolute Gasteiger partial charge is 0.490 e. The number of hydrogen-bond acceptors (Lipinski definition) is 5. The first kappa shape index (κ1) is 23.8. The summed E-state index contributed by atoms with van der Waals surface area (Å²) < 4.78 is 16.1. The number of rotatable bonds is 11. The monoisotopic (exact) mass is 453 g/mol. The van der Waals surface area contributed by atoms with Crippen LogP contribution >= 0.6 is 23.2 Å². The van der Waals surface area contributed by atoms with E-state index in [1.165, 1.54) is 0 Å². The van der Waals surface area contributed by atoms with Crippen LogP contribution in [0, 0.1) is 0 Å². The van der Waals surface area contributed by atoms with Crippen LogP contribution in [0.5, 0.6) is 11.5 Å². The fourth-order valence-corrected chi connectivity index (χ4v) is 3.14. The zero-order valence-electron chi connectivity index (χ0n) is 17.0. The first-order valence-corrected chi connectivity index (χ1v) is 10.4. The fourth-order valence-electron chi connectivity index (χ4n) is 2.67. The third kappa shape index (κ3) is 7.76. The van der Waals surface area contributed by atoms with Crippen molar-refractivity contribution in [3.8, 4) is 11.5 Å². The Bertz CT molecular complexity index is 873. The minimum atomic E-state index is -0.540. The first-order chi connectivity index (χ1) is 14.4. The predicted molar refractivity (Wildman–Crippen MR) is 117 cm³/mol. The molecular formula is C22H25Cl2NO5. The number of amides is 1. The fraction of sp³-hybridized carbons (Fsp3) is 0.364. The molecule has 0 aliphatic rings. The van der Waals surface area contributed by atoms with E-state index in [2.05, 4.69) is 5.32 Å². The van der Waals surface area contributed by atoms with E-state index in [1.807, 2.05) is 32.0 Å². The lowest BCUT2D eigenvalue weighted by Crippen LogP contribution is -2.30. The topological polar surface area (TPSA) is 73.9 Å². The Morgan fingerprint density at radius 3 is 2.40 bits per heavy atom. The Morgan fingerprint density at radius 1 is 0.967 bits per heavy atom. The lowest BCUT2D eigenvalue weighted by Gasteiger charge is -2.12. The van der Waals surface area contributed by atoms with Crippen molar-refractivity contribution in [2.24, 2.45) is 0 Å². The van der Waals surface area contributed by atoms with Crippen LogP contribution in [-0.2, 0) is 27.2 Å². The molecular weight excluding hydrogens is 429 g/mol. The van der Waals surface area contributed by atoms with E-state index in [0.717, 1.165) is 5.56 Å². The average Bonchev–Trinajstić information content (AvgIpc) is 2.71. The molecule has 0 radical (unpaired) electrons. The quantitative estimate of drug-likeness (QED) is 0.515. The highest BCUT2D eigenvalue weighted by Crippen LogP contribution is 2.28. The van der Waals surface area contributed by atoms with Crippen molar-refractivity contribution in [2.75, 3.05) is 26.4 Å². The molecule has 0 saturated carbocycles. The summed E-state index contributed by atoms with van der Waals surface area (Å²) in [7, 11) is 0. The molecule has 0 aromatic heterocycles. The molecule has 2 aromatic rings. The highest BCUT2D eigenvalue weighted by Gasteiger charge is 2.11. The summed E-state index contributed by atoms with van der Waals surface area (Å²) in [5.74, 6) is 0.460. The van der Waals surface area contributed by atoms with Crippen LogP contribution in [0.1, 0.15) is 25.0 Å². The predicted octanol–water partition coefficient (Wildman–Crippen LogP) is 4.24. The number of esters is 1. The van der Waals surface area contributed by atoms with Crippen molar-refractivity contribution < 1.29 is 23.8 Å². The molecule has 0 aliphatic carbocycles. The van der Waals surface area contributed by atoms with Crippen molar-refractivity contribution in [3.63, 3.8) is 0 Å². The number of benzene rings is 2.